The maximum absolute atomic E-state index is 5.13. The predicted molar refractivity (Wildman–Crippen MR) is 38.4 cm³/mol. The van der Waals surface area contributed by atoms with Gasteiger partial charge >= 0.3 is 0 Å². The normalized spacial score (nSPS) is 28.7. The van der Waals surface area contributed by atoms with Crippen LogP contribution in [0.2, 0.25) is 0 Å². The Labute approximate surface area is 57.4 Å². The van der Waals surface area contributed by atoms with Gasteiger partial charge in [0.1, 0.15) is 0 Å². The Morgan fingerprint density at radius 3 is 2.33 bits per heavy atom. The Balaban J connectivity index is 2.09. The molecule has 0 aromatic heterocycles. The van der Waals surface area contributed by atoms with Gasteiger partial charge in [0.2, 0.25) is 0 Å². The van der Waals surface area contributed by atoms with Crippen molar-refractivity contribution in [2.75, 3.05) is 6.61 Å². The van der Waals surface area contributed by atoms with Gasteiger partial charge in [-0.05, 0) is 18.3 Å². The third kappa shape index (κ3) is 2.35. The zero-order chi connectivity index (χ0) is 6.85. The average Bonchev–Trinajstić information content (AvgIpc) is 2.50. The van der Waals surface area contributed by atoms with Crippen molar-refractivity contribution in [3.05, 3.63) is 0 Å². The van der Waals surface area contributed by atoms with Gasteiger partial charge in [0.15, 0.2) is 0 Å². The molecule has 1 rings (SSSR count). The summed E-state index contributed by atoms with van der Waals surface area (Å²) in [5.74, 6) is 1.65. The van der Waals surface area contributed by atoms with E-state index in [1.807, 2.05) is 0 Å². The molecule has 0 radical (unpaired) electrons. The van der Waals surface area contributed by atoms with Crippen LogP contribution in [-0.2, 0) is 4.74 Å². The molecule has 1 heteroatoms. The first-order chi connectivity index (χ1) is 4.20. The fraction of sp³-hybridized carbons (Fsp3) is 1.00. The highest BCUT2D eigenvalue weighted by molar-refractivity contribution is 4.73. The lowest BCUT2D eigenvalue weighted by Gasteiger charge is -2.12. The molecule has 1 heterocycles. The van der Waals surface area contributed by atoms with Gasteiger partial charge in [0.25, 0.3) is 0 Å². The van der Waals surface area contributed by atoms with Crippen molar-refractivity contribution in [3.8, 4) is 0 Å². The summed E-state index contributed by atoms with van der Waals surface area (Å²) in [6.45, 7) is 7.85. The van der Waals surface area contributed by atoms with E-state index in [-0.39, 0.29) is 0 Å². The second-order valence-electron chi connectivity index (χ2n) is 3.41. The molecule has 0 aromatic rings. The molecule has 0 aliphatic carbocycles. The molecular formula is C8H16O. The van der Waals surface area contributed by atoms with Gasteiger partial charge in [-0.2, -0.15) is 0 Å². The average molecular weight is 128 g/mol. The molecule has 0 spiro atoms. The third-order valence-corrected chi connectivity index (χ3v) is 2.18. The van der Waals surface area contributed by atoms with E-state index in [0.717, 1.165) is 18.4 Å². The molecule has 1 saturated heterocycles. The first kappa shape index (κ1) is 7.07. The van der Waals surface area contributed by atoms with Crippen LogP contribution in [0.3, 0.4) is 0 Å². The zero-order valence-electron chi connectivity index (χ0n) is 6.55. The summed E-state index contributed by atoms with van der Waals surface area (Å²) in [6, 6.07) is 0. The van der Waals surface area contributed by atoms with E-state index in [1.165, 1.54) is 6.42 Å². The lowest BCUT2D eigenvalue weighted by Crippen LogP contribution is -2.06. The number of ether oxygens (including phenoxy) is 1. The SMILES string of the molecule is CC(C)C(C)CC1CO1. The van der Waals surface area contributed by atoms with Crippen LogP contribution in [0.1, 0.15) is 27.2 Å². The van der Waals surface area contributed by atoms with Crippen molar-refractivity contribution >= 4 is 0 Å². The maximum Gasteiger partial charge on any atom is 0.0812 e. The van der Waals surface area contributed by atoms with Crippen molar-refractivity contribution in [2.45, 2.75) is 33.3 Å². The van der Waals surface area contributed by atoms with Gasteiger partial charge in [-0.1, -0.05) is 20.8 Å². The fourth-order valence-corrected chi connectivity index (χ4v) is 0.891. The van der Waals surface area contributed by atoms with Crippen LogP contribution in [-0.4, -0.2) is 12.7 Å². The van der Waals surface area contributed by atoms with E-state index >= 15 is 0 Å². The monoisotopic (exact) mass is 128 g/mol. The summed E-state index contributed by atoms with van der Waals surface area (Å²) in [5, 5.41) is 0. The minimum absolute atomic E-state index is 0.613. The van der Waals surface area contributed by atoms with E-state index in [4.69, 9.17) is 4.74 Å². The van der Waals surface area contributed by atoms with Crippen molar-refractivity contribution in [1.29, 1.82) is 0 Å². The van der Waals surface area contributed by atoms with Crippen molar-refractivity contribution in [1.82, 2.24) is 0 Å². The van der Waals surface area contributed by atoms with E-state index in [2.05, 4.69) is 20.8 Å². The van der Waals surface area contributed by atoms with Crippen molar-refractivity contribution in [3.63, 3.8) is 0 Å². The molecule has 0 N–H and O–H groups in total. The predicted octanol–water partition coefficient (Wildman–Crippen LogP) is 2.07. The minimum atomic E-state index is 0.613. The molecule has 2 unspecified atom stereocenters. The van der Waals surface area contributed by atoms with E-state index in [0.29, 0.717) is 6.10 Å². The van der Waals surface area contributed by atoms with Gasteiger partial charge in [-0.25, -0.2) is 0 Å². The highest BCUT2D eigenvalue weighted by Crippen LogP contribution is 2.23. The highest BCUT2D eigenvalue weighted by atomic mass is 16.6. The van der Waals surface area contributed by atoms with Gasteiger partial charge < -0.3 is 4.74 Å². The minimum Gasteiger partial charge on any atom is -0.373 e. The Morgan fingerprint density at radius 2 is 2.00 bits per heavy atom. The van der Waals surface area contributed by atoms with Gasteiger partial charge in [0.05, 0.1) is 12.7 Å². The molecule has 9 heavy (non-hydrogen) atoms. The van der Waals surface area contributed by atoms with Gasteiger partial charge in [0, 0.05) is 0 Å². The van der Waals surface area contributed by atoms with E-state index in [1.54, 1.807) is 0 Å². The molecule has 0 bridgehead atoms. The summed E-state index contributed by atoms with van der Waals surface area (Å²) in [7, 11) is 0. The molecule has 1 aliphatic rings. The number of epoxide rings is 1. The van der Waals surface area contributed by atoms with Crippen LogP contribution in [0, 0.1) is 11.8 Å². The Hall–Kier alpha value is -0.0400. The first-order valence-corrected chi connectivity index (χ1v) is 3.81. The van der Waals surface area contributed by atoms with Crippen molar-refractivity contribution < 1.29 is 4.74 Å². The quantitative estimate of drug-likeness (QED) is 0.530. The highest BCUT2D eigenvalue weighted by Gasteiger charge is 2.25. The Kier molecular flexibility index (Phi) is 2.12. The first-order valence-electron chi connectivity index (χ1n) is 3.81. The van der Waals surface area contributed by atoms with Crippen LogP contribution >= 0.6 is 0 Å². The van der Waals surface area contributed by atoms with Crippen LogP contribution in [0.25, 0.3) is 0 Å². The summed E-state index contributed by atoms with van der Waals surface area (Å²) in [6.07, 6.45) is 1.87. The van der Waals surface area contributed by atoms with Crippen LogP contribution in [0.5, 0.6) is 0 Å². The summed E-state index contributed by atoms with van der Waals surface area (Å²) >= 11 is 0. The molecule has 0 amide bonds. The molecule has 54 valence electrons. The third-order valence-electron chi connectivity index (χ3n) is 2.18. The topological polar surface area (TPSA) is 12.5 Å². The van der Waals surface area contributed by atoms with E-state index < -0.39 is 0 Å². The number of hydrogen-bond acceptors (Lipinski definition) is 1. The molecule has 2 atom stereocenters. The smallest absolute Gasteiger partial charge is 0.0812 e. The summed E-state index contributed by atoms with van der Waals surface area (Å²) in [5.41, 5.74) is 0. The van der Waals surface area contributed by atoms with Crippen LogP contribution in [0.15, 0.2) is 0 Å². The molecular weight excluding hydrogens is 112 g/mol. The van der Waals surface area contributed by atoms with Crippen LogP contribution < -0.4 is 0 Å². The van der Waals surface area contributed by atoms with Crippen molar-refractivity contribution in [2.24, 2.45) is 11.8 Å². The second kappa shape index (κ2) is 2.70. The van der Waals surface area contributed by atoms with Gasteiger partial charge in [-0.3, -0.25) is 0 Å². The Morgan fingerprint density at radius 1 is 1.44 bits per heavy atom. The summed E-state index contributed by atoms with van der Waals surface area (Å²) in [4.78, 5) is 0. The van der Waals surface area contributed by atoms with E-state index in [9.17, 15) is 0 Å². The number of hydrogen-bond donors (Lipinski definition) is 0. The lowest BCUT2D eigenvalue weighted by molar-refractivity contribution is 0.319. The molecule has 1 aliphatic heterocycles. The zero-order valence-corrected chi connectivity index (χ0v) is 6.55. The Bertz CT molecular complexity index is 84.6. The largest absolute Gasteiger partial charge is 0.373 e. The summed E-state index contributed by atoms with van der Waals surface area (Å²) < 4.78 is 5.13. The lowest BCUT2D eigenvalue weighted by atomic mass is 9.93. The van der Waals surface area contributed by atoms with Crippen LogP contribution in [0.4, 0.5) is 0 Å². The maximum atomic E-state index is 5.13. The molecule has 0 saturated carbocycles. The molecule has 1 nitrogen and oxygen atoms in total. The molecule has 0 aromatic carbocycles. The van der Waals surface area contributed by atoms with Gasteiger partial charge in [-0.15, -0.1) is 0 Å². The molecule has 1 fully saturated rings. The second-order valence-corrected chi connectivity index (χ2v) is 3.41. The fourth-order valence-electron chi connectivity index (χ4n) is 0.891. The number of rotatable bonds is 3. The standard InChI is InChI=1S/C8H16O/c1-6(2)7(3)4-8-5-9-8/h6-8H,4-5H2,1-3H3.